The first-order valence-corrected chi connectivity index (χ1v) is 8.51. The minimum Gasteiger partial charge on any atom is -0.490 e. The Hall–Kier alpha value is -3.38. The zero-order valence-corrected chi connectivity index (χ0v) is 15.1. The second-order valence-corrected chi connectivity index (χ2v) is 5.93. The predicted molar refractivity (Wildman–Crippen MR) is 106 cm³/mol. The number of ether oxygens (including phenoxy) is 1. The Kier molecular flexibility index (Phi) is 6.02. The summed E-state index contributed by atoms with van der Waals surface area (Å²) in [4.78, 5) is 16.2. The second kappa shape index (κ2) is 8.82. The van der Waals surface area contributed by atoms with E-state index in [2.05, 4.69) is 22.0 Å². The van der Waals surface area contributed by atoms with Gasteiger partial charge in [-0.15, -0.1) is 0 Å². The third-order valence-corrected chi connectivity index (χ3v) is 3.79. The van der Waals surface area contributed by atoms with Gasteiger partial charge in [0.25, 0.3) is 0 Å². The first-order valence-electron chi connectivity index (χ1n) is 8.13. The van der Waals surface area contributed by atoms with Crippen molar-refractivity contribution < 1.29 is 9.53 Å². The molecule has 3 rings (SSSR count). The van der Waals surface area contributed by atoms with Crippen molar-refractivity contribution in [2.45, 2.75) is 0 Å². The molecule has 136 valence electrons. The second-order valence-electron chi connectivity index (χ2n) is 5.49. The van der Waals surface area contributed by atoms with Crippen LogP contribution in [-0.2, 0) is 4.79 Å². The van der Waals surface area contributed by atoms with Crippen LogP contribution >= 0.6 is 11.6 Å². The summed E-state index contributed by atoms with van der Waals surface area (Å²) in [6.45, 7) is 4.06. The molecule has 0 fully saturated rings. The lowest BCUT2D eigenvalue weighted by Crippen LogP contribution is -2.11. The molecule has 1 aromatic heterocycles. The Morgan fingerprint density at radius 3 is 2.78 bits per heavy atom. The van der Waals surface area contributed by atoms with Crippen molar-refractivity contribution in [3.63, 3.8) is 0 Å². The Morgan fingerprint density at radius 2 is 2.07 bits per heavy atom. The van der Waals surface area contributed by atoms with Crippen LogP contribution in [0.15, 0.2) is 73.9 Å². The van der Waals surface area contributed by atoms with Crippen molar-refractivity contribution in [3.05, 3.63) is 84.4 Å². The molecule has 0 unspecified atom stereocenters. The van der Waals surface area contributed by atoms with E-state index in [1.54, 1.807) is 41.4 Å². The molecular formula is C20H17ClN4O2. The van der Waals surface area contributed by atoms with Crippen LogP contribution in [0.1, 0.15) is 5.56 Å². The highest BCUT2D eigenvalue weighted by atomic mass is 35.5. The minimum absolute atomic E-state index is 0.286. The smallest absolute Gasteiger partial charge is 0.248 e. The maximum atomic E-state index is 12.3. The molecule has 1 heterocycles. The fraction of sp³-hybridized carbons (Fsp3) is 0.0500. The molecule has 1 amide bonds. The summed E-state index contributed by atoms with van der Waals surface area (Å²) in [5, 5.41) is 7.40. The molecule has 0 aliphatic rings. The van der Waals surface area contributed by atoms with Crippen LogP contribution in [0.3, 0.4) is 0 Å². The van der Waals surface area contributed by atoms with Gasteiger partial charge in [-0.25, -0.2) is 9.67 Å². The lowest BCUT2D eigenvalue weighted by atomic mass is 10.2. The van der Waals surface area contributed by atoms with Gasteiger partial charge < -0.3 is 10.1 Å². The van der Waals surface area contributed by atoms with Gasteiger partial charge in [0.2, 0.25) is 5.91 Å². The number of nitrogens with one attached hydrogen (secondary N) is 1. The highest BCUT2D eigenvalue weighted by Crippen LogP contribution is 2.24. The highest BCUT2D eigenvalue weighted by molar-refractivity contribution is 6.31. The molecule has 0 saturated heterocycles. The summed E-state index contributed by atoms with van der Waals surface area (Å²) >= 11 is 6.05. The lowest BCUT2D eigenvalue weighted by Gasteiger charge is -2.10. The zero-order chi connectivity index (χ0) is 19.1. The van der Waals surface area contributed by atoms with E-state index in [-0.39, 0.29) is 5.91 Å². The van der Waals surface area contributed by atoms with Gasteiger partial charge in [-0.05, 0) is 42.0 Å². The van der Waals surface area contributed by atoms with Crippen molar-refractivity contribution in [1.82, 2.24) is 14.8 Å². The number of carbonyl (C=O) groups excluding carboxylic acids is 1. The van der Waals surface area contributed by atoms with E-state index in [0.29, 0.717) is 23.0 Å². The number of carbonyl (C=O) groups is 1. The molecule has 2 aromatic carbocycles. The third-order valence-electron chi connectivity index (χ3n) is 3.56. The molecule has 1 N–H and O–H groups in total. The molecule has 0 saturated carbocycles. The van der Waals surface area contributed by atoms with Crippen LogP contribution in [0.25, 0.3) is 11.8 Å². The number of rotatable bonds is 7. The molecule has 0 bridgehead atoms. The van der Waals surface area contributed by atoms with E-state index in [9.17, 15) is 4.79 Å². The van der Waals surface area contributed by atoms with Crippen LogP contribution < -0.4 is 10.1 Å². The van der Waals surface area contributed by atoms with Crippen LogP contribution in [0.5, 0.6) is 5.75 Å². The molecule has 0 aliphatic heterocycles. The molecule has 0 atom stereocenters. The fourth-order valence-electron chi connectivity index (χ4n) is 2.32. The van der Waals surface area contributed by atoms with E-state index in [4.69, 9.17) is 16.3 Å². The summed E-state index contributed by atoms with van der Waals surface area (Å²) in [5.41, 5.74) is 2.08. The summed E-state index contributed by atoms with van der Waals surface area (Å²) in [5.74, 6) is 0.457. The largest absolute Gasteiger partial charge is 0.490 e. The van der Waals surface area contributed by atoms with Gasteiger partial charge in [0, 0.05) is 11.1 Å². The lowest BCUT2D eigenvalue weighted by molar-refractivity contribution is -0.111. The standard InChI is InChI=1S/C20H17ClN4O2/c1-2-11-27-17-7-3-15(4-8-17)5-10-20(26)24-18-12-16(21)6-9-19(18)25-14-22-13-23-25/h2-10,12-14H,1,11H2,(H,24,26)/b10-5+. The highest BCUT2D eigenvalue weighted by Gasteiger charge is 2.08. The molecule has 0 spiro atoms. The average molecular weight is 381 g/mol. The molecule has 0 radical (unpaired) electrons. The number of amides is 1. The number of nitrogens with zero attached hydrogens (tertiary/aromatic N) is 3. The van der Waals surface area contributed by atoms with Gasteiger partial charge in [0.05, 0.1) is 11.4 Å². The Labute approximate surface area is 161 Å². The van der Waals surface area contributed by atoms with Crippen molar-refractivity contribution in [2.75, 3.05) is 11.9 Å². The molecular weight excluding hydrogens is 364 g/mol. The van der Waals surface area contributed by atoms with Crippen LogP contribution in [0, 0.1) is 0 Å². The maximum absolute atomic E-state index is 12.3. The number of halogens is 1. The van der Waals surface area contributed by atoms with E-state index in [1.165, 1.54) is 12.4 Å². The van der Waals surface area contributed by atoms with E-state index in [0.717, 1.165) is 11.3 Å². The van der Waals surface area contributed by atoms with Gasteiger partial charge >= 0.3 is 0 Å². The summed E-state index contributed by atoms with van der Waals surface area (Å²) < 4.78 is 6.98. The molecule has 3 aromatic rings. The van der Waals surface area contributed by atoms with Gasteiger partial charge in [-0.3, -0.25) is 4.79 Å². The van der Waals surface area contributed by atoms with Gasteiger partial charge in [0.1, 0.15) is 25.0 Å². The number of benzene rings is 2. The van der Waals surface area contributed by atoms with Crippen molar-refractivity contribution in [3.8, 4) is 11.4 Å². The van der Waals surface area contributed by atoms with Crippen molar-refractivity contribution in [1.29, 1.82) is 0 Å². The van der Waals surface area contributed by atoms with Gasteiger partial charge in [0.15, 0.2) is 0 Å². The van der Waals surface area contributed by atoms with E-state index >= 15 is 0 Å². The number of hydrogen-bond donors (Lipinski definition) is 1. The van der Waals surface area contributed by atoms with Gasteiger partial charge in [-0.1, -0.05) is 36.4 Å². The molecule has 27 heavy (non-hydrogen) atoms. The zero-order valence-electron chi connectivity index (χ0n) is 14.4. The SMILES string of the molecule is C=CCOc1ccc(/C=C/C(=O)Nc2cc(Cl)ccc2-n2cncn2)cc1. The van der Waals surface area contributed by atoms with E-state index in [1.807, 2.05) is 24.3 Å². The van der Waals surface area contributed by atoms with Crippen molar-refractivity contribution >= 4 is 29.3 Å². The van der Waals surface area contributed by atoms with Crippen LogP contribution in [0.2, 0.25) is 5.02 Å². The molecule has 0 aliphatic carbocycles. The predicted octanol–water partition coefficient (Wildman–Crippen LogP) is 4.14. The first kappa shape index (κ1) is 18.4. The number of anilines is 1. The van der Waals surface area contributed by atoms with Crippen LogP contribution in [-0.4, -0.2) is 27.3 Å². The summed E-state index contributed by atoms with van der Waals surface area (Å²) in [7, 11) is 0. The third kappa shape index (κ3) is 5.05. The first-order chi connectivity index (χ1) is 13.2. The van der Waals surface area contributed by atoms with Crippen LogP contribution in [0.4, 0.5) is 5.69 Å². The number of aromatic nitrogens is 3. The normalized spacial score (nSPS) is 10.7. The number of hydrogen-bond acceptors (Lipinski definition) is 4. The topological polar surface area (TPSA) is 69.0 Å². The van der Waals surface area contributed by atoms with Crippen molar-refractivity contribution in [2.24, 2.45) is 0 Å². The monoisotopic (exact) mass is 380 g/mol. The average Bonchev–Trinajstić information content (AvgIpc) is 3.20. The van der Waals surface area contributed by atoms with Gasteiger partial charge in [-0.2, -0.15) is 5.10 Å². The quantitative estimate of drug-likeness (QED) is 0.494. The Bertz CT molecular complexity index is 951. The summed E-state index contributed by atoms with van der Waals surface area (Å²) in [6.07, 6.45) is 7.81. The molecule has 6 nitrogen and oxygen atoms in total. The summed E-state index contributed by atoms with van der Waals surface area (Å²) in [6, 6.07) is 12.5. The molecule has 7 heteroatoms. The minimum atomic E-state index is -0.286. The van der Waals surface area contributed by atoms with E-state index < -0.39 is 0 Å². The fourth-order valence-corrected chi connectivity index (χ4v) is 2.49. The Morgan fingerprint density at radius 1 is 1.26 bits per heavy atom. The maximum Gasteiger partial charge on any atom is 0.248 e. The Balaban J connectivity index is 1.70.